The van der Waals surface area contributed by atoms with Crippen LogP contribution in [-0.4, -0.2) is 16.1 Å². The number of aryl methyl sites for hydroxylation is 2. The predicted molar refractivity (Wildman–Crippen MR) is 131 cm³/mol. The number of nitrogens with one attached hydrogen (secondary N) is 1. The van der Waals surface area contributed by atoms with Crippen LogP contribution in [-0.2, 0) is 25.9 Å². The molecule has 3 N–H and O–H groups in total. The zero-order valence-electron chi connectivity index (χ0n) is 19.6. The minimum absolute atomic E-state index is 0.158. The van der Waals surface area contributed by atoms with Crippen molar-refractivity contribution in [2.24, 2.45) is 5.92 Å². The average molecular weight is 453 g/mol. The Kier molecular flexibility index (Phi) is 6.44. The summed E-state index contributed by atoms with van der Waals surface area (Å²) < 4.78 is 6.94. The van der Waals surface area contributed by atoms with Gasteiger partial charge in [-0.15, -0.1) is 0 Å². The molecule has 4 rings (SSSR count). The van der Waals surface area contributed by atoms with E-state index >= 15 is 0 Å². The van der Waals surface area contributed by atoms with Gasteiger partial charge in [0.1, 0.15) is 17.1 Å². The Morgan fingerprint density at radius 3 is 2.58 bits per heavy atom. The van der Waals surface area contributed by atoms with Crippen LogP contribution in [0.1, 0.15) is 56.7 Å². The first-order chi connectivity index (χ1) is 15.8. The third-order valence-electron chi connectivity index (χ3n) is 6.25. The van der Waals surface area contributed by atoms with Crippen LogP contribution in [0, 0.1) is 5.92 Å². The van der Waals surface area contributed by atoms with Gasteiger partial charge < -0.3 is 15.1 Å². The molecule has 0 bridgehead atoms. The number of rotatable bonds is 8. The summed E-state index contributed by atoms with van der Waals surface area (Å²) in [4.78, 5) is 42.0. The SMILES string of the molecule is CCCCn1c(N)c(N(Cc2cc(=O)oc3cc4c(cc23)CCC4)CC(C)C)c(=O)[nH]c1=O. The number of aromatic amines is 1. The third kappa shape index (κ3) is 4.60. The molecule has 1 aliphatic rings. The summed E-state index contributed by atoms with van der Waals surface area (Å²) in [6.45, 7) is 7.40. The quantitative estimate of drug-likeness (QED) is 0.508. The maximum absolute atomic E-state index is 12.9. The minimum Gasteiger partial charge on any atom is -0.423 e. The van der Waals surface area contributed by atoms with Gasteiger partial charge in [-0.05, 0) is 60.4 Å². The lowest BCUT2D eigenvalue weighted by Crippen LogP contribution is -2.39. The molecule has 0 atom stereocenters. The van der Waals surface area contributed by atoms with Crippen LogP contribution in [0.3, 0.4) is 0 Å². The van der Waals surface area contributed by atoms with E-state index in [0.29, 0.717) is 25.2 Å². The molecule has 0 amide bonds. The second kappa shape index (κ2) is 9.29. The Balaban J connectivity index is 1.84. The molecular formula is C25H32N4O4. The van der Waals surface area contributed by atoms with Crippen molar-refractivity contribution in [3.05, 3.63) is 66.1 Å². The van der Waals surface area contributed by atoms with Crippen molar-refractivity contribution in [2.45, 2.75) is 66.0 Å². The number of benzene rings is 1. The second-order valence-electron chi connectivity index (χ2n) is 9.33. The molecule has 8 nitrogen and oxygen atoms in total. The van der Waals surface area contributed by atoms with Gasteiger partial charge in [0, 0.05) is 31.1 Å². The summed E-state index contributed by atoms with van der Waals surface area (Å²) in [6.07, 6.45) is 4.76. The molecule has 0 aliphatic heterocycles. The highest BCUT2D eigenvalue weighted by Crippen LogP contribution is 2.30. The van der Waals surface area contributed by atoms with E-state index in [4.69, 9.17) is 10.2 Å². The average Bonchev–Trinajstić information content (AvgIpc) is 3.18. The highest BCUT2D eigenvalue weighted by atomic mass is 16.4. The summed E-state index contributed by atoms with van der Waals surface area (Å²) in [7, 11) is 0. The maximum Gasteiger partial charge on any atom is 0.336 e. The van der Waals surface area contributed by atoms with E-state index in [1.54, 1.807) is 0 Å². The summed E-state index contributed by atoms with van der Waals surface area (Å²) >= 11 is 0. The number of anilines is 2. The zero-order valence-corrected chi connectivity index (χ0v) is 19.6. The maximum atomic E-state index is 12.9. The van der Waals surface area contributed by atoms with E-state index in [0.717, 1.165) is 43.1 Å². The monoisotopic (exact) mass is 452 g/mol. The molecule has 0 spiro atoms. The van der Waals surface area contributed by atoms with Gasteiger partial charge >= 0.3 is 11.3 Å². The number of H-pyrrole nitrogens is 1. The molecule has 2 aromatic heterocycles. The zero-order chi connectivity index (χ0) is 23.7. The molecule has 176 valence electrons. The lowest BCUT2D eigenvalue weighted by Gasteiger charge is -2.28. The fraction of sp³-hybridized carbons (Fsp3) is 0.480. The normalized spacial score (nSPS) is 13.1. The van der Waals surface area contributed by atoms with Crippen molar-refractivity contribution in [3.63, 3.8) is 0 Å². The Hall–Kier alpha value is -3.29. The first-order valence-electron chi connectivity index (χ1n) is 11.7. The fourth-order valence-electron chi connectivity index (χ4n) is 4.73. The number of nitrogen functional groups attached to an aromatic ring is 1. The summed E-state index contributed by atoms with van der Waals surface area (Å²) in [6, 6.07) is 5.58. The Bertz CT molecular complexity index is 1350. The molecule has 1 aromatic carbocycles. The smallest absolute Gasteiger partial charge is 0.336 e. The van der Waals surface area contributed by atoms with Crippen LogP contribution in [0.15, 0.2) is 37.0 Å². The number of unbranched alkanes of at least 4 members (excludes halogenated alkanes) is 1. The van der Waals surface area contributed by atoms with Crippen LogP contribution in [0.25, 0.3) is 11.0 Å². The number of aromatic nitrogens is 2. The fourth-order valence-corrected chi connectivity index (χ4v) is 4.73. The number of hydrogen-bond donors (Lipinski definition) is 2. The van der Waals surface area contributed by atoms with Crippen molar-refractivity contribution in [1.29, 1.82) is 0 Å². The molecule has 3 aromatic rings. The molecule has 2 heterocycles. The highest BCUT2D eigenvalue weighted by molar-refractivity contribution is 5.83. The molecular weight excluding hydrogens is 420 g/mol. The molecule has 0 fully saturated rings. The van der Waals surface area contributed by atoms with E-state index in [2.05, 4.69) is 24.9 Å². The van der Waals surface area contributed by atoms with Gasteiger partial charge in [-0.3, -0.25) is 14.3 Å². The lowest BCUT2D eigenvalue weighted by molar-refractivity contribution is 0.555. The largest absolute Gasteiger partial charge is 0.423 e. The standard InChI is InChI=1S/C25H32N4O4/c1-4-5-9-29-23(26)22(24(31)27-25(29)32)28(13-15(2)3)14-18-12-21(30)33-20-11-17-8-6-7-16(17)10-19(18)20/h10-12,15H,4-9,13-14,26H2,1-3H3,(H,27,31,32). The van der Waals surface area contributed by atoms with Crippen molar-refractivity contribution in [1.82, 2.24) is 9.55 Å². The van der Waals surface area contributed by atoms with Crippen molar-refractivity contribution in [2.75, 3.05) is 17.2 Å². The number of nitrogens with two attached hydrogens (primary N) is 1. The predicted octanol–water partition coefficient (Wildman–Crippen LogP) is 3.18. The van der Waals surface area contributed by atoms with Gasteiger partial charge in [0.25, 0.3) is 5.56 Å². The second-order valence-corrected chi connectivity index (χ2v) is 9.33. The molecule has 0 radical (unpaired) electrons. The Morgan fingerprint density at radius 2 is 1.88 bits per heavy atom. The van der Waals surface area contributed by atoms with Gasteiger partial charge in [-0.2, -0.15) is 0 Å². The van der Waals surface area contributed by atoms with Crippen molar-refractivity contribution >= 4 is 22.5 Å². The molecule has 8 heteroatoms. The third-order valence-corrected chi connectivity index (χ3v) is 6.25. The number of fused-ring (bicyclic) bond motifs is 2. The van der Waals surface area contributed by atoms with Gasteiger partial charge in [-0.1, -0.05) is 27.2 Å². The summed E-state index contributed by atoms with van der Waals surface area (Å²) in [5, 5.41) is 0.873. The van der Waals surface area contributed by atoms with Crippen LogP contribution in [0.4, 0.5) is 11.5 Å². The molecule has 0 unspecified atom stereocenters. The lowest BCUT2D eigenvalue weighted by atomic mass is 10.0. The molecule has 33 heavy (non-hydrogen) atoms. The van der Waals surface area contributed by atoms with E-state index in [-0.39, 0.29) is 17.4 Å². The van der Waals surface area contributed by atoms with E-state index in [1.807, 2.05) is 17.9 Å². The van der Waals surface area contributed by atoms with Crippen LogP contribution in [0.2, 0.25) is 0 Å². The Morgan fingerprint density at radius 1 is 1.15 bits per heavy atom. The van der Waals surface area contributed by atoms with Crippen LogP contribution in [0.5, 0.6) is 0 Å². The number of hydrogen-bond acceptors (Lipinski definition) is 6. The topological polar surface area (TPSA) is 114 Å². The first kappa shape index (κ1) is 22.9. The van der Waals surface area contributed by atoms with Crippen LogP contribution < -0.4 is 27.5 Å². The Labute approximate surface area is 192 Å². The summed E-state index contributed by atoms with van der Waals surface area (Å²) in [5.74, 6) is 0.376. The minimum atomic E-state index is -0.515. The van der Waals surface area contributed by atoms with Gasteiger partial charge in [-0.25, -0.2) is 9.59 Å². The molecule has 1 aliphatic carbocycles. The molecule has 0 saturated carbocycles. The van der Waals surface area contributed by atoms with Crippen molar-refractivity contribution < 1.29 is 4.42 Å². The van der Waals surface area contributed by atoms with Crippen LogP contribution >= 0.6 is 0 Å². The molecule has 0 saturated heterocycles. The van der Waals surface area contributed by atoms with Gasteiger partial charge in [0.15, 0.2) is 0 Å². The summed E-state index contributed by atoms with van der Waals surface area (Å²) in [5.41, 5.74) is 9.07. The first-order valence-corrected chi connectivity index (χ1v) is 11.7. The van der Waals surface area contributed by atoms with E-state index in [1.165, 1.54) is 21.8 Å². The van der Waals surface area contributed by atoms with Crippen molar-refractivity contribution in [3.8, 4) is 0 Å². The van der Waals surface area contributed by atoms with E-state index < -0.39 is 16.9 Å². The number of nitrogens with zero attached hydrogens (tertiary/aromatic N) is 2. The van der Waals surface area contributed by atoms with Gasteiger partial charge in [0.05, 0.1) is 0 Å². The highest BCUT2D eigenvalue weighted by Gasteiger charge is 2.22. The van der Waals surface area contributed by atoms with E-state index in [9.17, 15) is 14.4 Å². The van der Waals surface area contributed by atoms with Gasteiger partial charge in [0.2, 0.25) is 0 Å².